The van der Waals surface area contributed by atoms with Crippen LogP contribution in [0.1, 0.15) is 11.1 Å². The molecule has 168 valence electrons. The molecule has 3 nitrogen and oxygen atoms in total. The van der Waals surface area contributed by atoms with Crippen molar-refractivity contribution in [1.82, 2.24) is 4.98 Å². The maximum atomic E-state index is 5.50. The highest BCUT2D eigenvalue weighted by molar-refractivity contribution is 7.21. The monoisotopic (exact) mass is 470 g/mol. The lowest BCUT2D eigenvalue weighted by Gasteiger charge is -2.25. The lowest BCUT2D eigenvalue weighted by Crippen LogP contribution is -2.09. The van der Waals surface area contributed by atoms with Crippen molar-refractivity contribution in [3.63, 3.8) is 0 Å². The number of nitrogens with zero attached hydrogens (tertiary/aromatic N) is 2. The Morgan fingerprint density at radius 1 is 0.629 bits per heavy atom. The standard InChI is InChI=1S/C31H22N2OS/c1-3-8-25(9-4-1)33(26-10-5-2-6-11-26)27-18-15-23(16-19-27)13-14-24-17-20-28-30(22-24)35-31(32-28)29-12-7-21-34-29/h1-22H/b14-13+. The van der Waals surface area contributed by atoms with Crippen LogP contribution in [0.3, 0.4) is 0 Å². The lowest BCUT2D eigenvalue weighted by molar-refractivity contribution is 0.582. The van der Waals surface area contributed by atoms with Crippen molar-refractivity contribution in [1.29, 1.82) is 0 Å². The van der Waals surface area contributed by atoms with Gasteiger partial charge in [0.25, 0.3) is 0 Å². The molecule has 0 aliphatic rings. The minimum Gasteiger partial charge on any atom is -0.462 e. The van der Waals surface area contributed by atoms with Crippen LogP contribution in [0.2, 0.25) is 0 Å². The second-order valence-corrected chi connectivity index (χ2v) is 9.19. The highest BCUT2D eigenvalue weighted by Gasteiger charge is 2.11. The molecular weight excluding hydrogens is 448 g/mol. The second-order valence-electron chi connectivity index (χ2n) is 8.15. The van der Waals surface area contributed by atoms with Gasteiger partial charge in [0, 0.05) is 17.1 Å². The fourth-order valence-electron chi connectivity index (χ4n) is 4.08. The molecule has 2 aromatic heterocycles. The third kappa shape index (κ3) is 4.52. The van der Waals surface area contributed by atoms with Crippen LogP contribution < -0.4 is 4.90 Å². The Morgan fingerprint density at radius 3 is 1.91 bits per heavy atom. The number of benzene rings is 4. The molecule has 0 saturated carbocycles. The maximum Gasteiger partial charge on any atom is 0.162 e. The molecule has 0 bridgehead atoms. The minimum atomic E-state index is 0.809. The third-order valence-corrected chi connectivity index (χ3v) is 6.83. The van der Waals surface area contributed by atoms with Gasteiger partial charge in [-0.3, -0.25) is 0 Å². The SMILES string of the molecule is C(=C\c1ccc2nc(-c3ccco3)sc2c1)/c1ccc(N(c2ccccc2)c2ccccc2)cc1. The van der Waals surface area contributed by atoms with Crippen LogP contribution in [0.5, 0.6) is 0 Å². The van der Waals surface area contributed by atoms with Gasteiger partial charge in [-0.2, -0.15) is 0 Å². The summed E-state index contributed by atoms with van der Waals surface area (Å²) in [4.78, 5) is 6.95. The average Bonchev–Trinajstić information content (AvgIpc) is 3.60. The topological polar surface area (TPSA) is 29.3 Å². The van der Waals surface area contributed by atoms with Crippen molar-refractivity contribution < 1.29 is 4.42 Å². The van der Waals surface area contributed by atoms with E-state index in [1.54, 1.807) is 17.6 Å². The van der Waals surface area contributed by atoms with Crippen molar-refractivity contribution >= 4 is 50.8 Å². The number of hydrogen-bond donors (Lipinski definition) is 0. The summed E-state index contributed by atoms with van der Waals surface area (Å²) in [5.41, 5.74) is 6.67. The average molecular weight is 471 g/mol. The van der Waals surface area contributed by atoms with E-state index >= 15 is 0 Å². The minimum absolute atomic E-state index is 0.809. The van der Waals surface area contributed by atoms with E-state index in [1.165, 1.54) is 0 Å². The molecule has 0 N–H and O–H groups in total. The fourth-order valence-corrected chi connectivity index (χ4v) is 5.06. The fraction of sp³-hybridized carbons (Fsp3) is 0. The number of hydrogen-bond acceptors (Lipinski definition) is 4. The van der Waals surface area contributed by atoms with E-state index in [4.69, 9.17) is 4.42 Å². The van der Waals surface area contributed by atoms with E-state index < -0.39 is 0 Å². The summed E-state index contributed by atoms with van der Waals surface area (Å²) in [5.74, 6) is 0.809. The number of para-hydroxylation sites is 2. The van der Waals surface area contributed by atoms with Crippen molar-refractivity contribution in [3.05, 3.63) is 133 Å². The van der Waals surface area contributed by atoms with Crippen molar-refractivity contribution in [3.8, 4) is 10.8 Å². The first-order valence-corrected chi connectivity index (χ1v) is 12.3. The zero-order valence-corrected chi connectivity index (χ0v) is 19.7. The molecule has 4 aromatic carbocycles. The van der Waals surface area contributed by atoms with Gasteiger partial charge in [0.1, 0.15) is 0 Å². The number of fused-ring (bicyclic) bond motifs is 1. The number of anilines is 3. The predicted octanol–water partition coefficient (Wildman–Crippen LogP) is 9.20. The van der Waals surface area contributed by atoms with Crippen molar-refractivity contribution in [2.45, 2.75) is 0 Å². The Bertz CT molecular complexity index is 1530. The molecule has 0 spiro atoms. The molecule has 0 aliphatic carbocycles. The van der Waals surface area contributed by atoms with E-state index in [9.17, 15) is 0 Å². The van der Waals surface area contributed by atoms with Gasteiger partial charge < -0.3 is 9.32 Å². The van der Waals surface area contributed by atoms with Gasteiger partial charge in [0.15, 0.2) is 10.8 Å². The summed E-state index contributed by atoms with van der Waals surface area (Å²) in [6, 6.07) is 39.7. The highest BCUT2D eigenvalue weighted by Crippen LogP contribution is 2.34. The molecule has 0 amide bonds. The summed E-state index contributed by atoms with van der Waals surface area (Å²) in [7, 11) is 0. The van der Waals surface area contributed by atoms with Crippen LogP contribution in [-0.4, -0.2) is 4.98 Å². The molecule has 0 saturated heterocycles. The van der Waals surface area contributed by atoms with Gasteiger partial charge in [-0.25, -0.2) is 4.98 Å². The largest absolute Gasteiger partial charge is 0.462 e. The Kier molecular flexibility index (Phi) is 5.71. The summed E-state index contributed by atoms with van der Waals surface area (Å²) in [5, 5.41) is 0.906. The first-order chi connectivity index (χ1) is 17.3. The van der Waals surface area contributed by atoms with Crippen molar-refractivity contribution in [2.75, 3.05) is 4.90 Å². The molecule has 0 radical (unpaired) electrons. The van der Waals surface area contributed by atoms with E-state index in [2.05, 4.69) is 113 Å². The van der Waals surface area contributed by atoms with Crippen molar-refractivity contribution in [2.24, 2.45) is 0 Å². The molecule has 6 aromatic rings. The number of thiazole rings is 1. The molecule has 0 atom stereocenters. The van der Waals surface area contributed by atoms with Crippen LogP contribution in [-0.2, 0) is 0 Å². The highest BCUT2D eigenvalue weighted by atomic mass is 32.1. The van der Waals surface area contributed by atoms with Crippen LogP contribution in [0.15, 0.2) is 126 Å². The Labute approximate surface area is 208 Å². The first-order valence-electron chi connectivity index (χ1n) is 11.5. The molecular formula is C31H22N2OS. The van der Waals surface area contributed by atoms with E-state index in [-0.39, 0.29) is 0 Å². The van der Waals surface area contributed by atoms with Crippen LogP contribution in [0, 0.1) is 0 Å². The van der Waals surface area contributed by atoms with Crippen LogP contribution >= 0.6 is 11.3 Å². The number of rotatable bonds is 6. The third-order valence-electron chi connectivity index (χ3n) is 5.79. The van der Waals surface area contributed by atoms with Crippen LogP contribution in [0.4, 0.5) is 17.1 Å². The normalized spacial score (nSPS) is 11.3. The van der Waals surface area contributed by atoms with Gasteiger partial charge in [0.2, 0.25) is 0 Å². The van der Waals surface area contributed by atoms with Gasteiger partial charge in [-0.05, 0) is 71.8 Å². The molecule has 35 heavy (non-hydrogen) atoms. The van der Waals surface area contributed by atoms with E-state index in [0.717, 1.165) is 49.2 Å². The van der Waals surface area contributed by atoms with E-state index in [1.807, 2.05) is 24.3 Å². The first kappa shape index (κ1) is 21.1. The maximum absolute atomic E-state index is 5.50. The van der Waals surface area contributed by atoms with Gasteiger partial charge in [0.05, 0.1) is 16.5 Å². The van der Waals surface area contributed by atoms with Gasteiger partial charge >= 0.3 is 0 Å². The number of furan rings is 1. The Balaban J connectivity index is 1.25. The number of aromatic nitrogens is 1. The molecule has 2 heterocycles. The Morgan fingerprint density at radius 2 is 1.26 bits per heavy atom. The predicted molar refractivity (Wildman–Crippen MR) is 147 cm³/mol. The second kappa shape index (κ2) is 9.45. The molecule has 0 fully saturated rings. The lowest BCUT2D eigenvalue weighted by atomic mass is 10.1. The molecule has 0 aliphatic heterocycles. The molecule has 6 rings (SSSR count). The Hall–Kier alpha value is -4.41. The van der Waals surface area contributed by atoms with Crippen LogP contribution in [0.25, 0.3) is 33.1 Å². The zero-order valence-electron chi connectivity index (χ0n) is 18.9. The zero-order chi connectivity index (χ0) is 23.5. The smallest absolute Gasteiger partial charge is 0.162 e. The quantitative estimate of drug-likeness (QED) is 0.227. The summed E-state index contributed by atoms with van der Waals surface area (Å²) < 4.78 is 6.65. The molecule has 4 heteroatoms. The summed E-state index contributed by atoms with van der Waals surface area (Å²) in [6.07, 6.45) is 5.97. The van der Waals surface area contributed by atoms with E-state index in [0.29, 0.717) is 0 Å². The summed E-state index contributed by atoms with van der Waals surface area (Å²) in [6.45, 7) is 0. The van der Waals surface area contributed by atoms with Gasteiger partial charge in [-0.15, -0.1) is 11.3 Å². The van der Waals surface area contributed by atoms with Gasteiger partial charge in [-0.1, -0.05) is 66.7 Å². The summed E-state index contributed by atoms with van der Waals surface area (Å²) >= 11 is 1.65. The molecule has 0 unspecified atom stereocenters.